The maximum absolute atomic E-state index is 12.5. The number of hydrogen-bond acceptors (Lipinski definition) is 8. The van der Waals surface area contributed by atoms with Crippen molar-refractivity contribution < 1.29 is 9.53 Å². The highest BCUT2D eigenvalue weighted by molar-refractivity contribution is 5.95. The van der Waals surface area contributed by atoms with E-state index in [2.05, 4.69) is 51.3 Å². The van der Waals surface area contributed by atoms with Crippen LogP contribution in [0.4, 0.5) is 16.3 Å². The van der Waals surface area contributed by atoms with Crippen molar-refractivity contribution in [3.8, 4) is 6.07 Å². The van der Waals surface area contributed by atoms with Crippen LogP contribution < -0.4 is 10.2 Å². The molecule has 208 valence electrons. The van der Waals surface area contributed by atoms with Gasteiger partial charge in [0.15, 0.2) is 0 Å². The lowest BCUT2D eigenvalue weighted by molar-refractivity contribution is 0.0223. The second kappa shape index (κ2) is 10.3. The number of nitrogens with one attached hydrogen (secondary N) is 1. The molecule has 3 aliphatic rings. The highest BCUT2D eigenvalue weighted by Gasteiger charge is 2.40. The van der Waals surface area contributed by atoms with Gasteiger partial charge in [-0.25, -0.2) is 9.78 Å². The number of carbonyl (C=O) groups is 1. The summed E-state index contributed by atoms with van der Waals surface area (Å²) in [5, 5.41) is 14.3. The Morgan fingerprint density at radius 3 is 2.80 bits per heavy atom. The van der Waals surface area contributed by atoms with Crippen LogP contribution in [0.2, 0.25) is 0 Å². The van der Waals surface area contributed by atoms with Crippen molar-refractivity contribution in [2.75, 3.05) is 36.4 Å². The van der Waals surface area contributed by atoms with Gasteiger partial charge in [-0.05, 0) is 70.0 Å². The fraction of sp³-hybridized carbons (Fsp3) is 0.484. The average molecular weight is 540 g/mol. The molecule has 2 aromatic heterocycles. The van der Waals surface area contributed by atoms with E-state index < -0.39 is 5.60 Å². The summed E-state index contributed by atoms with van der Waals surface area (Å²) in [7, 11) is 0. The van der Waals surface area contributed by atoms with Crippen molar-refractivity contribution in [2.24, 2.45) is 0 Å². The summed E-state index contributed by atoms with van der Waals surface area (Å²) in [4.78, 5) is 28.8. The predicted molar refractivity (Wildman–Crippen MR) is 155 cm³/mol. The first-order valence-corrected chi connectivity index (χ1v) is 14.2. The molecule has 0 radical (unpaired) electrons. The average Bonchev–Trinajstić information content (AvgIpc) is 3.34. The van der Waals surface area contributed by atoms with E-state index in [9.17, 15) is 10.1 Å². The maximum Gasteiger partial charge on any atom is 0.410 e. The van der Waals surface area contributed by atoms with Crippen LogP contribution in [0, 0.1) is 11.3 Å². The molecule has 2 saturated heterocycles. The van der Waals surface area contributed by atoms with Gasteiger partial charge in [-0.2, -0.15) is 5.26 Å². The molecule has 5 heterocycles. The Hall–Kier alpha value is -3.90. The van der Waals surface area contributed by atoms with Crippen LogP contribution in [-0.2, 0) is 17.7 Å². The Labute approximate surface area is 235 Å². The summed E-state index contributed by atoms with van der Waals surface area (Å²) in [6.45, 7) is 12.0. The zero-order chi connectivity index (χ0) is 28.0. The van der Waals surface area contributed by atoms with Gasteiger partial charge in [0.25, 0.3) is 0 Å². The number of piperazine rings is 1. The summed E-state index contributed by atoms with van der Waals surface area (Å²) in [5.41, 5.74) is 4.19. The minimum atomic E-state index is -0.501. The Morgan fingerprint density at radius 1 is 1.15 bits per heavy atom. The molecular formula is C31H37N7O2. The van der Waals surface area contributed by atoms with E-state index >= 15 is 0 Å². The Kier molecular flexibility index (Phi) is 6.75. The van der Waals surface area contributed by atoms with Gasteiger partial charge in [-0.3, -0.25) is 9.88 Å². The lowest BCUT2D eigenvalue weighted by Gasteiger charge is -2.43. The van der Waals surface area contributed by atoms with Gasteiger partial charge >= 0.3 is 6.09 Å². The van der Waals surface area contributed by atoms with E-state index in [1.807, 2.05) is 39.0 Å². The quantitative estimate of drug-likeness (QED) is 0.518. The predicted octanol–water partition coefficient (Wildman–Crippen LogP) is 4.56. The second-order valence-electron chi connectivity index (χ2n) is 12.3. The molecule has 0 bridgehead atoms. The van der Waals surface area contributed by atoms with Crippen LogP contribution in [0.5, 0.6) is 0 Å². The Bertz CT molecular complexity index is 1480. The SMILES string of the molecule is C[C@@H]1CN(c2ccc(C#N)c3ncccc23)C[C@@H]2C[C@@H](Nc3ccc4c(n3)CCN(C(=O)OC(C)(C)C)C4)CN21. The fourth-order valence-electron chi connectivity index (χ4n) is 6.43. The van der Waals surface area contributed by atoms with Crippen LogP contribution in [0.25, 0.3) is 10.9 Å². The van der Waals surface area contributed by atoms with Gasteiger partial charge < -0.3 is 19.9 Å². The normalized spacial score (nSPS) is 22.9. The molecule has 0 spiro atoms. The fourth-order valence-corrected chi connectivity index (χ4v) is 6.43. The molecule has 1 amide bonds. The van der Waals surface area contributed by atoms with Gasteiger partial charge in [0.2, 0.25) is 0 Å². The van der Waals surface area contributed by atoms with Crippen molar-refractivity contribution in [2.45, 2.75) is 70.8 Å². The molecule has 9 nitrogen and oxygen atoms in total. The molecule has 1 aromatic carbocycles. The number of carbonyl (C=O) groups excluding carboxylic acids is 1. The van der Waals surface area contributed by atoms with E-state index in [4.69, 9.17) is 9.72 Å². The largest absolute Gasteiger partial charge is 0.444 e. The number of rotatable bonds is 3. The lowest BCUT2D eigenvalue weighted by Crippen LogP contribution is -2.55. The third-order valence-corrected chi connectivity index (χ3v) is 8.20. The number of ether oxygens (including phenoxy) is 1. The number of amides is 1. The lowest BCUT2D eigenvalue weighted by atomic mass is 10.0. The number of nitrogens with zero attached hydrogens (tertiary/aromatic N) is 6. The summed E-state index contributed by atoms with van der Waals surface area (Å²) in [6.07, 6.45) is 3.25. The van der Waals surface area contributed by atoms with E-state index in [0.29, 0.717) is 36.8 Å². The van der Waals surface area contributed by atoms with Crippen LogP contribution in [0.15, 0.2) is 42.6 Å². The van der Waals surface area contributed by atoms with Crippen LogP contribution in [-0.4, -0.2) is 75.8 Å². The Balaban J connectivity index is 1.12. The summed E-state index contributed by atoms with van der Waals surface area (Å²) in [5.74, 6) is 0.906. The van der Waals surface area contributed by atoms with Crippen LogP contribution in [0.3, 0.4) is 0 Å². The van der Waals surface area contributed by atoms with Crippen molar-refractivity contribution in [1.82, 2.24) is 19.8 Å². The minimum absolute atomic E-state index is 0.267. The number of pyridine rings is 2. The first kappa shape index (κ1) is 26.3. The minimum Gasteiger partial charge on any atom is -0.444 e. The number of hydrogen-bond donors (Lipinski definition) is 1. The van der Waals surface area contributed by atoms with E-state index in [0.717, 1.165) is 66.1 Å². The van der Waals surface area contributed by atoms with Crippen LogP contribution in [0.1, 0.15) is 50.9 Å². The number of benzene rings is 1. The molecule has 3 aliphatic heterocycles. The van der Waals surface area contributed by atoms with Crippen LogP contribution >= 0.6 is 0 Å². The third kappa shape index (κ3) is 5.16. The summed E-state index contributed by atoms with van der Waals surface area (Å²) >= 11 is 0. The number of aromatic nitrogens is 2. The van der Waals surface area contributed by atoms with Gasteiger partial charge in [0.05, 0.1) is 17.6 Å². The zero-order valence-corrected chi connectivity index (χ0v) is 23.7. The molecular weight excluding hydrogens is 502 g/mol. The monoisotopic (exact) mass is 539 g/mol. The second-order valence-corrected chi connectivity index (χ2v) is 12.3. The molecule has 3 aromatic rings. The topological polar surface area (TPSA) is 97.6 Å². The molecule has 3 atom stereocenters. The third-order valence-electron chi connectivity index (χ3n) is 8.20. The zero-order valence-electron chi connectivity index (χ0n) is 23.7. The molecule has 9 heteroatoms. The van der Waals surface area contributed by atoms with E-state index in [1.165, 1.54) is 0 Å². The van der Waals surface area contributed by atoms with E-state index in [1.54, 1.807) is 11.1 Å². The molecule has 1 N–H and O–H groups in total. The highest BCUT2D eigenvalue weighted by atomic mass is 16.6. The molecule has 2 fully saturated rings. The first-order chi connectivity index (χ1) is 19.2. The number of nitriles is 1. The molecule has 6 rings (SSSR count). The van der Waals surface area contributed by atoms with Crippen molar-refractivity contribution in [1.29, 1.82) is 5.26 Å². The van der Waals surface area contributed by atoms with Gasteiger partial charge in [-0.1, -0.05) is 6.07 Å². The van der Waals surface area contributed by atoms with Gasteiger partial charge in [-0.15, -0.1) is 0 Å². The molecule has 40 heavy (non-hydrogen) atoms. The number of fused-ring (bicyclic) bond motifs is 3. The van der Waals surface area contributed by atoms with E-state index in [-0.39, 0.29) is 6.09 Å². The van der Waals surface area contributed by atoms with Gasteiger partial charge in [0.1, 0.15) is 17.5 Å². The summed E-state index contributed by atoms with van der Waals surface area (Å²) in [6, 6.07) is 15.6. The van der Waals surface area contributed by atoms with Crippen molar-refractivity contribution in [3.05, 3.63) is 59.4 Å². The van der Waals surface area contributed by atoms with Crippen molar-refractivity contribution >= 4 is 28.5 Å². The highest BCUT2D eigenvalue weighted by Crippen LogP contribution is 2.34. The molecule has 0 saturated carbocycles. The Morgan fingerprint density at radius 2 is 2.00 bits per heavy atom. The van der Waals surface area contributed by atoms with Crippen molar-refractivity contribution in [3.63, 3.8) is 0 Å². The smallest absolute Gasteiger partial charge is 0.410 e. The standard InChI is InChI=1S/C31H37N7O2/c1-20-16-37(27-9-7-21(15-32)29-25(27)6-5-12-33-29)19-24-14-23(18-38(20)24)34-28-10-8-22-17-36(13-11-26(22)35-28)30(39)40-31(2,3)4/h5-10,12,20,23-24H,11,13-14,16-19H2,1-4H3,(H,34,35)/t20-,23-,24+/m1/s1. The summed E-state index contributed by atoms with van der Waals surface area (Å²) < 4.78 is 5.56. The molecule has 0 aliphatic carbocycles. The first-order valence-electron chi connectivity index (χ1n) is 14.2. The van der Waals surface area contributed by atoms with Gasteiger partial charge in [0, 0.05) is 73.7 Å². The number of anilines is 2. The molecule has 0 unspecified atom stereocenters. The maximum atomic E-state index is 12.5.